The van der Waals surface area contributed by atoms with Crippen LogP contribution >= 0.6 is 15.9 Å². The van der Waals surface area contributed by atoms with Gasteiger partial charge in [0.1, 0.15) is 12.3 Å². The summed E-state index contributed by atoms with van der Waals surface area (Å²) in [4.78, 5) is 41.1. The number of likely N-dealkylation sites (tertiary alicyclic amines) is 1. The maximum absolute atomic E-state index is 13.7. The third-order valence-electron chi connectivity index (χ3n) is 7.06. The first-order valence-electron chi connectivity index (χ1n) is 10.7. The van der Waals surface area contributed by atoms with Crippen molar-refractivity contribution >= 4 is 39.3 Å². The number of rotatable bonds is 3. The number of aromatic hydroxyl groups is 1. The number of anilines is 1. The third-order valence-corrected chi connectivity index (χ3v) is 8.41. The van der Waals surface area contributed by atoms with E-state index >= 15 is 0 Å². The Morgan fingerprint density at radius 2 is 1.48 bits per heavy atom. The lowest BCUT2D eigenvalue weighted by molar-refractivity contribution is -0.142. The van der Waals surface area contributed by atoms with E-state index < -0.39 is 22.1 Å². The van der Waals surface area contributed by atoms with Gasteiger partial charge >= 0.3 is 0 Å². The highest BCUT2D eigenvalue weighted by molar-refractivity contribution is 9.09. The second-order valence-corrected chi connectivity index (χ2v) is 9.98. The number of phenols is 1. The number of halogens is 1. The van der Waals surface area contributed by atoms with E-state index in [4.69, 9.17) is 0 Å². The topological polar surface area (TPSA) is 86.7 Å². The molecule has 3 aromatic rings. The summed E-state index contributed by atoms with van der Waals surface area (Å²) in [6.07, 6.45) is 0. The van der Waals surface area contributed by atoms with Crippen molar-refractivity contribution in [1.82, 2.24) is 4.90 Å². The molecule has 0 aromatic heterocycles. The number of nitrogens with zero attached hydrogens (tertiary/aromatic N) is 1. The van der Waals surface area contributed by atoms with E-state index in [-0.39, 0.29) is 30.0 Å². The Morgan fingerprint density at radius 3 is 2.09 bits per heavy atom. The standard InChI is InChI=1S/C26H19BrN2O4/c27-26-18-7-3-1-5-16(18)21(17-6-2-4-8-19(17)26)22-23(26)25(33)29(24(22)32)13-20(31)28-14-9-11-15(30)12-10-14/h1-12,21-23,30H,13H2,(H,28,31)/t21?,22-,23+,26?/m0/s1. The summed E-state index contributed by atoms with van der Waals surface area (Å²) in [5.74, 6) is -2.46. The Bertz CT molecular complexity index is 1290. The van der Waals surface area contributed by atoms with E-state index in [0.717, 1.165) is 27.2 Å². The molecule has 164 valence electrons. The van der Waals surface area contributed by atoms with Gasteiger partial charge in [-0.3, -0.25) is 19.3 Å². The Morgan fingerprint density at radius 1 is 0.909 bits per heavy atom. The maximum Gasteiger partial charge on any atom is 0.244 e. The van der Waals surface area contributed by atoms with Crippen LogP contribution < -0.4 is 5.32 Å². The Balaban J connectivity index is 1.38. The molecule has 0 unspecified atom stereocenters. The average molecular weight is 503 g/mol. The van der Waals surface area contributed by atoms with Crippen LogP contribution in [-0.4, -0.2) is 34.3 Å². The van der Waals surface area contributed by atoms with Crippen LogP contribution in [0.5, 0.6) is 5.75 Å². The van der Waals surface area contributed by atoms with Gasteiger partial charge in [0, 0.05) is 11.6 Å². The summed E-state index contributed by atoms with van der Waals surface area (Å²) in [6, 6.07) is 21.9. The molecule has 2 N–H and O–H groups in total. The molecule has 0 spiro atoms. The fourth-order valence-corrected chi connectivity index (χ4v) is 6.99. The van der Waals surface area contributed by atoms with E-state index in [1.165, 1.54) is 12.1 Å². The first-order valence-corrected chi connectivity index (χ1v) is 11.5. The molecule has 1 saturated heterocycles. The highest BCUT2D eigenvalue weighted by Crippen LogP contribution is 2.66. The Labute approximate surface area is 198 Å². The van der Waals surface area contributed by atoms with Gasteiger partial charge in [-0.15, -0.1) is 0 Å². The fourth-order valence-electron chi connectivity index (χ4n) is 5.78. The van der Waals surface area contributed by atoms with Gasteiger partial charge in [-0.25, -0.2) is 0 Å². The normalized spacial score (nSPS) is 26.6. The lowest BCUT2D eigenvalue weighted by Crippen LogP contribution is -2.50. The summed E-state index contributed by atoms with van der Waals surface area (Å²) in [5.41, 5.74) is 4.58. The van der Waals surface area contributed by atoms with Gasteiger partial charge in [-0.1, -0.05) is 64.5 Å². The minimum absolute atomic E-state index is 0.0826. The molecule has 33 heavy (non-hydrogen) atoms. The van der Waals surface area contributed by atoms with Crippen LogP contribution in [0.15, 0.2) is 72.8 Å². The molecule has 7 rings (SSSR count). The van der Waals surface area contributed by atoms with Crippen LogP contribution in [0.25, 0.3) is 0 Å². The molecule has 6 nitrogen and oxygen atoms in total. The summed E-state index contributed by atoms with van der Waals surface area (Å²) < 4.78 is -0.825. The molecular weight excluding hydrogens is 484 g/mol. The second-order valence-electron chi connectivity index (χ2n) is 8.73. The summed E-state index contributed by atoms with van der Waals surface area (Å²) >= 11 is 3.94. The molecule has 7 heteroatoms. The SMILES string of the molecule is O=C(CN1C(=O)[C@H]2C3c4ccccc4C(Br)(c4ccccc43)[C@H]2C1=O)Nc1ccc(O)cc1. The van der Waals surface area contributed by atoms with E-state index in [9.17, 15) is 19.5 Å². The summed E-state index contributed by atoms with van der Waals surface area (Å²) in [6.45, 7) is -0.353. The van der Waals surface area contributed by atoms with E-state index in [1.54, 1.807) is 12.1 Å². The van der Waals surface area contributed by atoms with Crippen molar-refractivity contribution in [3.05, 3.63) is 95.1 Å². The molecule has 4 aliphatic rings. The van der Waals surface area contributed by atoms with Crippen molar-refractivity contribution in [3.8, 4) is 5.75 Å². The fraction of sp³-hybridized carbons (Fsp3) is 0.192. The predicted molar refractivity (Wildman–Crippen MR) is 125 cm³/mol. The number of hydrogen-bond donors (Lipinski definition) is 2. The highest BCUT2D eigenvalue weighted by atomic mass is 79.9. The number of imide groups is 1. The minimum atomic E-state index is -0.825. The van der Waals surface area contributed by atoms with Crippen LogP contribution in [0.2, 0.25) is 0 Å². The van der Waals surface area contributed by atoms with Gasteiger partial charge in [-0.05, 0) is 46.5 Å². The molecule has 1 aliphatic heterocycles. The smallest absolute Gasteiger partial charge is 0.244 e. The van der Waals surface area contributed by atoms with Gasteiger partial charge in [0.25, 0.3) is 0 Å². The third kappa shape index (κ3) is 2.69. The predicted octanol–water partition coefficient (Wildman–Crippen LogP) is 3.73. The van der Waals surface area contributed by atoms with Crippen molar-refractivity contribution in [2.24, 2.45) is 11.8 Å². The lowest BCUT2D eigenvalue weighted by Gasteiger charge is -2.51. The first-order chi connectivity index (χ1) is 15.9. The zero-order valence-corrected chi connectivity index (χ0v) is 19.0. The van der Waals surface area contributed by atoms with Gasteiger partial charge in [0.05, 0.1) is 16.2 Å². The number of amides is 3. The van der Waals surface area contributed by atoms with E-state index in [0.29, 0.717) is 5.69 Å². The van der Waals surface area contributed by atoms with E-state index in [2.05, 4.69) is 21.2 Å². The molecule has 2 atom stereocenters. The van der Waals surface area contributed by atoms with Gasteiger partial charge in [-0.2, -0.15) is 0 Å². The van der Waals surface area contributed by atoms with Crippen LogP contribution in [0.1, 0.15) is 28.2 Å². The van der Waals surface area contributed by atoms with Crippen molar-refractivity contribution < 1.29 is 19.5 Å². The molecule has 0 radical (unpaired) electrons. The number of carbonyl (C=O) groups is 3. The number of phenolic OH excluding ortho intramolecular Hbond substituents is 1. The van der Waals surface area contributed by atoms with Crippen LogP contribution in [0, 0.1) is 11.8 Å². The minimum Gasteiger partial charge on any atom is -0.508 e. The number of hydrogen-bond acceptors (Lipinski definition) is 4. The van der Waals surface area contributed by atoms with Gasteiger partial charge < -0.3 is 10.4 Å². The van der Waals surface area contributed by atoms with Crippen molar-refractivity contribution in [3.63, 3.8) is 0 Å². The number of benzene rings is 3. The first kappa shape index (κ1) is 20.2. The molecule has 3 aromatic carbocycles. The number of nitrogens with one attached hydrogen (secondary N) is 1. The molecule has 0 saturated carbocycles. The Hall–Kier alpha value is -3.45. The van der Waals surface area contributed by atoms with Crippen LogP contribution in [-0.2, 0) is 18.7 Å². The monoisotopic (exact) mass is 502 g/mol. The van der Waals surface area contributed by atoms with E-state index in [1.807, 2.05) is 48.5 Å². The quantitative estimate of drug-likeness (QED) is 0.324. The highest BCUT2D eigenvalue weighted by Gasteiger charge is 2.67. The second kappa shape index (κ2) is 7.02. The van der Waals surface area contributed by atoms with Gasteiger partial charge in [0.2, 0.25) is 17.7 Å². The molecule has 1 heterocycles. The summed E-state index contributed by atoms with van der Waals surface area (Å²) in [5, 5.41) is 12.1. The molecule has 2 bridgehead atoms. The van der Waals surface area contributed by atoms with Gasteiger partial charge in [0.15, 0.2) is 0 Å². The number of alkyl halides is 1. The van der Waals surface area contributed by atoms with Crippen molar-refractivity contribution in [1.29, 1.82) is 0 Å². The molecule has 3 aliphatic carbocycles. The molecule has 3 amide bonds. The molecule has 1 fully saturated rings. The maximum atomic E-state index is 13.7. The van der Waals surface area contributed by atoms with Crippen molar-refractivity contribution in [2.45, 2.75) is 10.2 Å². The van der Waals surface area contributed by atoms with Crippen molar-refractivity contribution in [2.75, 3.05) is 11.9 Å². The number of carbonyl (C=O) groups excluding carboxylic acids is 3. The zero-order valence-electron chi connectivity index (χ0n) is 17.4. The largest absolute Gasteiger partial charge is 0.508 e. The average Bonchev–Trinajstić information content (AvgIpc) is 3.07. The van der Waals surface area contributed by atoms with Crippen LogP contribution in [0.4, 0.5) is 5.69 Å². The summed E-state index contributed by atoms with van der Waals surface area (Å²) in [7, 11) is 0. The Kier molecular flexibility index (Phi) is 4.29. The molecular formula is C26H19BrN2O4. The zero-order chi connectivity index (χ0) is 22.9. The van der Waals surface area contributed by atoms with Crippen LogP contribution in [0.3, 0.4) is 0 Å². The lowest BCUT2D eigenvalue weighted by atomic mass is 9.55.